The maximum Gasteiger partial charge on any atom is 0.136 e. The highest BCUT2D eigenvalue weighted by Gasteiger charge is 2.22. The van der Waals surface area contributed by atoms with Crippen LogP contribution in [-0.2, 0) is 11.3 Å². The molecule has 3 rings (SSSR count). The van der Waals surface area contributed by atoms with E-state index in [0.29, 0.717) is 18.1 Å². The Morgan fingerprint density at radius 2 is 2.41 bits per heavy atom. The lowest BCUT2D eigenvalue weighted by atomic mass is 10.2. The fourth-order valence-electron chi connectivity index (χ4n) is 2.41. The predicted octanol–water partition coefficient (Wildman–Crippen LogP) is 1.07. The first kappa shape index (κ1) is 10.6. The Morgan fingerprint density at radius 1 is 1.53 bits per heavy atom. The van der Waals surface area contributed by atoms with Crippen molar-refractivity contribution in [3.05, 3.63) is 24.0 Å². The summed E-state index contributed by atoms with van der Waals surface area (Å²) in [4.78, 5) is 4.41. The van der Waals surface area contributed by atoms with E-state index in [9.17, 15) is 5.11 Å². The number of hydrogen-bond donors (Lipinski definition) is 2. The van der Waals surface area contributed by atoms with Crippen LogP contribution in [0.4, 0.5) is 5.69 Å². The minimum atomic E-state index is -0.0644. The van der Waals surface area contributed by atoms with Gasteiger partial charge in [0.2, 0.25) is 0 Å². The van der Waals surface area contributed by atoms with E-state index in [4.69, 9.17) is 10.5 Å². The van der Waals surface area contributed by atoms with Gasteiger partial charge >= 0.3 is 0 Å². The number of benzene rings is 1. The van der Waals surface area contributed by atoms with E-state index in [-0.39, 0.29) is 12.6 Å². The third kappa shape index (κ3) is 1.67. The van der Waals surface area contributed by atoms with Gasteiger partial charge in [0.05, 0.1) is 23.7 Å². The van der Waals surface area contributed by atoms with E-state index >= 15 is 0 Å². The van der Waals surface area contributed by atoms with Crippen LogP contribution in [0.25, 0.3) is 11.0 Å². The number of aliphatic hydroxyl groups is 1. The molecule has 2 heterocycles. The zero-order chi connectivity index (χ0) is 11.8. The molecule has 0 spiro atoms. The van der Waals surface area contributed by atoms with Crippen LogP contribution in [0.2, 0.25) is 0 Å². The minimum Gasteiger partial charge on any atom is -0.399 e. The van der Waals surface area contributed by atoms with Crippen LogP contribution in [0, 0.1) is 0 Å². The van der Waals surface area contributed by atoms with Crippen molar-refractivity contribution < 1.29 is 9.84 Å². The van der Waals surface area contributed by atoms with E-state index in [1.807, 2.05) is 18.2 Å². The van der Waals surface area contributed by atoms with Crippen molar-refractivity contribution in [2.45, 2.75) is 19.1 Å². The monoisotopic (exact) mass is 233 g/mol. The first-order valence-electron chi connectivity index (χ1n) is 5.74. The van der Waals surface area contributed by atoms with Gasteiger partial charge < -0.3 is 20.1 Å². The Hall–Kier alpha value is -1.59. The van der Waals surface area contributed by atoms with Crippen LogP contribution >= 0.6 is 0 Å². The number of aromatic nitrogens is 2. The minimum absolute atomic E-state index is 0.0644. The highest BCUT2D eigenvalue weighted by Crippen LogP contribution is 2.27. The number of anilines is 1. The summed E-state index contributed by atoms with van der Waals surface area (Å²) in [5, 5.41) is 9.39. The topological polar surface area (TPSA) is 73.3 Å². The van der Waals surface area contributed by atoms with Gasteiger partial charge in [-0.05, 0) is 24.6 Å². The summed E-state index contributed by atoms with van der Waals surface area (Å²) in [5.74, 6) is 0.682. The largest absolute Gasteiger partial charge is 0.399 e. The Bertz CT molecular complexity index is 544. The lowest BCUT2D eigenvalue weighted by Gasteiger charge is -2.13. The lowest BCUT2D eigenvalue weighted by molar-refractivity contribution is 0.184. The van der Waals surface area contributed by atoms with Crippen molar-refractivity contribution in [1.29, 1.82) is 0 Å². The molecule has 0 saturated carbocycles. The average molecular weight is 233 g/mol. The predicted molar refractivity (Wildman–Crippen MR) is 64.5 cm³/mol. The Labute approximate surface area is 98.8 Å². The summed E-state index contributed by atoms with van der Waals surface area (Å²) in [5.41, 5.74) is 8.28. The molecule has 3 N–H and O–H groups in total. The molecule has 1 aromatic heterocycles. The molecule has 1 aliphatic rings. The third-order valence-corrected chi connectivity index (χ3v) is 3.20. The number of imidazole rings is 1. The molecule has 1 saturated heterocycles. The maximum atomic E-state index is 9.39. The number of rotatable bonds is 2. The number of nitrogens with zero attached hydrogens (tertiary/aromatic N) is 2. The van der Waals surface area contributed by atoms with Crippen LogP contribution in [0.3, 0.4) is 0 Å². The van der Waals surface area contributed by atoms with Crippen LogP contribution in [0.1, 0.15) is 18.3 Å². The first-order chi connectivity index (χ1) is 8.29. The molecule has 90 valence electrons. The Morgan fingerprint density at radius 3 is 3.12 bits per heavy atom. The summed E-state index contributed by atoms with van der Waals surface area (Å²) in [6.07, 6.45) is 0.961. The third-order valence-electron chi connectivity index (χ3n) is 3.20. The van der Waals surface area contributed by atoms with Crippen molar-refractivity contribution in [2.75, 3.05) is 18.9 Å². The highest BCUT2D eigenvalue weighted by molar-refractivity contribution is 5.79. The van der Waals surface area contributed by atoms with E-state index in [1.54, 1.807) is 0 Å². The van der Waals surface area contributed by atoms with Crippen molar-refractivity contribution >= 4 is 16.7 Å². The summed E-state index contributed by atoms with van der Waals surface area (Å²) in [6, 6.07) is 5.92. The normalized spacial score (nSPS) is 20.2. The zero-order valence-electron chi connectivity index (χ0n) is 9.47. The Kier molecular flexibility index (Phi) is 2.49. The summed E-state index contributed by atoms with van der Waals surface area (Å²) < 4.78 is 7.47. The van der Waals surface area contributed by atoms with Gasteiger partial charge in [0.25, 0.3) is 0 Å². The van der Waals surface area contributed by atoms with E-state index in [2.05, 4.69) is 9.55 Å². The SMILES string of the molecule is Nc1ccc2c(c1)nc(CO)n2C1CCOC1. The molecule has 0 aliphatic carbocycles. The molecule has 1 aromatic carbocycles. The molecule has 17 heavy (non-hydrogen) atoms. The van der Waals surface area contributed by atoms with Crippen LogP contribution < -0.4 is 5.73 Å². The molecule has 1 atom stereocenters. The highest BCUT2D eigenvalue weighted by atomic mass is 16.5. The van der Waals surface area contributed by atoms with Gasteiger partial charge in [0, 0.05) is 12.3 Å². The number of hydrogen-bond acceptors (Lipinski definition) is 4. The van der Waals surface area contributed by atoms with Crippen molar-refractivity contribution in [2.24, 2.45) is 0 Å². The molecule has 1 fully saturated rings. The number of aliphatic hydroxyl groups excluding tert-OH is 1. The first-order valence-corrected chi connectivity index (χ1v) is 5.74. The smallest absolute Gasteiger partial charge is 0.136 e. The summed E-state index contributed by atoms with van der Waals surface area (Å²) in [6.45, 7) is 1.39. The Balaban J connectivity index is 2.19. The van der Waals surface area contributed by atoms with Gasteiger partial charge in [0.1, 0.15) is 12.4 Å². The molecule has 1 aliphatic heterocycles. The van der Waals surface area contributed by atoms with Crippen LogP contribution in [-0.4, -0.2) is 27.9 Å². The number of ether oxygens (including phenoxy) is 1. The molecule has 0 radical (unpaired) electrons. The fraction of sp³-hybridized carbons (Fsp3) is 0.417. The van der Waals surface area contributed by atoms with Crippen LogP contribution in [0.15, 0.2) is 18.2 Å². The van der Waals surface area contributed by atoms with Gasteiger partial charge in [-0.25, -0.2) is 4.98 Å². The van der Waals surface area contributed by atoms with E-state index < -0.39 is 0 Å². The van der Waals surface area contributed by atoms with Gasteiger partial charge in [-0.2, -0.15) is 0 Å². The molecular formula is C12H15N3O2. The molecule has 1 unspecified atom stereocenters. The van der Waals surface area contributed by atoms with Gasteiger partial charge in [-0.1, -0.05) is 0 Å². The number of nitrogen functional groups attached to an aromatic ring is 1. The molecule has 5 nitrogen and oxygen atoms in total. The molecule has 5 heteroatoms. The molecule has 0 amide bonds. The number of fused-ring (bicyclic) bond motifs is 1. The molecule has 0 bridgehead atoms. The van der Waals surface area contributed by atoms with Crippen molar-refractivity contribution in [3.63, 3.8) is 0 Å². The molecule has 2 aromatic rings. The van der Waals surface area contributed by atoms with E-state index in [0.717, 1.165) is 24.1 Å². The second-order valence-corrected chi connectivity index (χ2v) is 4.32. The lowest BCUT2D eigenvalue weighted by Crippen LogP contribution is -2.12. The standard InChI is InChI=1S/C12H15N3O2/c13-8-1-2-11-10(5-8)14-12(6-16)15(11)9-3-4-17-7-9/h1-2,5,9,16H,3-4,6-7,13H2. The number of nitrogens with two attached hydrogens (primary N) is 1. The van der Waals surface area contributed by atoms with E-state index in [1.165, 1.54) is 0 Å². The van der Waals surface area contributed by atoms with Gasteiger partial charge in [-0.3, -0.25) is 0 Å². The van der Waals surface area contributed by atoms with Crippen LogP contribution in [0.5, 0.6) is 0 Å². The van der Waals surface area contributed by atoms with Crippen molar-refractivity contribution in [3.8, 4) is 0 Å². The van der Waals surface area contributed by atoms with Gasteiger partial charge in [-0.15, -0.1) is 0 Å². The second-order valence-electron chi connectivity index (χ2n) is 4.32. The molecular weight excluding hydrogens is 218 g/mol. The maximum absolute atomic E-state index is 9.39. The summed E-state index contributed by atoms with van der Waals surface area (Å²) in [7, 11) is 0. The average Bonchev–Trinajstić information content (AvgIpc) is 2.93. The zero-order valence-corrected chi connectivity index (χ0v) is 9.47. The second kappa shape index (κ2) is 4.01. The quantitative estimate of drug-likeness (QED) is 0.761. The summed E-state index contributed by atoms with van der Waals surface area (Å²) >= 11 is 0. The van der Waals surface area contributed by atoms with Gasteiger partial charge in [0.15, 0.2) is 0 Å². The van der Waals surface area contributed by atoms with Crippen molar-refractivity contribution in [1.82, 2.24) is 9.55 Å². The fourth-order valence-corrected chi connectivity index (χ4v) is 2.41.